The van der Waals surface area contributed by atoms with Gasteiger partial charge in [0.15, 0.2) is 6.35 Å². The Morgan fingerprint density at radius 1 is 1.08 bits per heavy atom. The van der Waals surface area contributed by atoms with Crippen molar-refractivity contribution in [3.05, 3.63) is 0 Å². The zero-order valence-corrected chi connectivity index (χ0v) is 15.9. The highest BCUT2D eigenvalue weighted by Crippen LogP contribution is 2.31. The molecule has 2 aliphatic heterocycles. The zero-order valence-electron chi connectivity index (χ0n) is 15.1. The molecule has 1 aliphatic carbocycles. The Balaban J connectivity index is 1.61. The van der Waals surface area contributed by atoms with Gasteiger partial charge in [0.1, 0.15) is 0 Å². The Labute approximate surface area is 150 Å². The van der Waals surface area contributed by atoms with Crippen molar-refractivity contribution in [2.24, 2.45) is 5.92 Å². The van der Waals surface area contributed by atoms with Crippen molar-refractivity contribution < 1.29 is 22.7 Å². The third-order valence-electron chi connectivity index (χ3n) is 5.45. The molecular weight excluding hydrogens is 344 g/mol. The first-order valence-electron chi connectivity index (χ1n) is 9.57. The number of hydrogen-bond donors (Lipinski definition) is 0. The van der Waals surface area contributed by atoms with Crippen molar-refractivity contribution in [1.29, 1.82) is 0 Å². The summed E-state index contributed by atoms with van der Waals surface area (Å²) >= 11 is 0. The molecule has 0 aromatic heterocycles. The fourth-order valence-corrected chi connectivity index (χ4v) is 5.67. The minimum absolute atomic E-state index is 0.00655. The monoisotopic (exact) mass is 374 g/mol. The summed E-state index contributed by atoms with van der Waals surface area (Å²) in [7, 11) is -3.21. The molecular formula is C17H30N2O5S. The van der Waals surface area contributed by atoms with E-state index < -0.39 is 16.4 Å². The van der Waals surface area contributed by atoms with E-state index in [-0.39, 0.29) is 23.7 Å². The van der Waals surface area contributed by atoms with Crippen LogP contribution in [0.1, 0.15) is 51.9 Å². The largest absolute Gasteiger partial charge is 0.466 e. The maximum atomic E-state index is 12.4. The van der Waals surface area contributed by atoms with Gasteiger partial charge in [-0.25, -0.2) is 8.42 Å². The number of rotatable bonds is 6. The van der Waals surface area contributed by atoms with Gasteiger partial charge in [-0.05, 0) is 51.9 Å². The second kappa shape index (κ2) is 8.33. The Morgan fingerprint density at radius 2 is 1.76 bits per heavy atom. The van der Waals surface area contributed by atoms with Crippen LogP contribution < -0.4 is 0 Å². The number of esters is 1. The summed E-state index contributed by atoms with van der Waals surface area (Å²) in [6.07, 6.45) is 5.44. The number of ether oxygens (including phenoxy) is 2. The van der Waals surface area contributed by atoms with Gasteiger partial charge >= 0.3 is 5.97 Å². The molecule has 1 saturated carbocycles. The third-order valence-corrected chi connectivity index (χ3v) is 7.33. The molecule has 2 heterocycles. The minimum Gasteiger partial charge on any atom is -0.466 e. The molecule has 0 bridgehead atoms. The average Bonchev–Trinajstić information content (AvgIpc) is 3.23. The first kappa shape index (κ1) is 19.1. The third kappa shape index (κ3) is 4.53. The molecule has 0 aromatic rings. The molecule has 1 unspecified atom stereocenters. The first-order valence-corrected chi connectivity index (χ1v) is 11.2. The summed E-state index contributed by atoms with van der Waals surface area (Å²) in [6, 6.07) is 0. The maximum Gasteiger partial charge on any atom is 0.308 e. The van der Waals surface area contributed by atoms with Crippen molar-refractivity contribution in [2.45, 2.75) is 64.3 Å². The van der Waals surface area contributed by atoms with E-state index in [2.05, 4.69) is 4.90 Å². The summed E-state index contributed by atoms with van der Waals surface area (Å²) in [5.41, 5.74) is 0. The zero-order chi connectivity index (χ0) is 17.9. The number of nitrogens with zero attached hydrogens (tertiary/aromatic N) is 2. The molecule has 8 heteroatoms. The molecule has 25 heavy (non-hydrogen) atoms. The van der Waals surface area contributed by atoms with Gasteiger partial charge in [0.2, 0.25) is 10.0 Å². The van der Waals surface area contributed by atoms with E-state index in [0.29, 0.717) is 19.6 Å². The molecule has 0 aromatic carbocycles. The van der Waals surface area contributed by atoms with Gasteiger partial charge < -0.3 is 9.47 Å². The summed E-state index contributed by atoms with van der Waals surface area (Å²) in [4.78, 5) is 14.0. The highest BCUT2D eigenvalue weighted by molar-refractivity contribution is 7.89. The summed E-state index contributed by atoms with van der Waals surface area (Å²) in [5, 5.41) is 0. The Hall–Kier alpha value is -0.700. The molecule has 3 rings (SSSR count). The normalized spacial score (nSPS) is 31.9. The average molecular weight is 375 g/mol. The lowest BCUT2D eigenvalue weighted by atomic mass is 9.87. The maximum absolute atomic E-state index is 12.4. The van der Waals surface area contributed by atoms with Crippen LogP contribution in [0.25, 0.3) is 0 Å². The predicted molar refractivity (Wildman–Crippen MR) is 93.2 cm³/mol. The SMILES string of the molecule is CCOC(=O)C1CCC(OC(N2CCCC2)N2CCCS2(=O)=O)CC1. The second-order valence-corrected chi connectivity index (χ2v) is 9.25. The molecule has 0 amide bonds. The fourth-order valence-electron chi connectivity index (χ4n) is 4.07. The van der Waals surface area contributed by atoms with E-state index in [1.54, 1.807) is 4.31 Å². The van der Waals surface area contributed by atoms with Crippen LogP contribution in [0.5, 0.6) is 0 Å². The number of carbonyl (C=O) groups is 1. The first-order chi connectivity index (χ1) is 12.0. The van der Waals surface area contributed by atoms with Crippen molar-refractivity contribution in [3.63, 3.8) is 0 Å². The van der Waals surface area contributed by atoms with Crippen molar-refractivity contribution >= 4 is 16.0 Å². The summed E-state index contributed by atoms with van der Waals surface area (Å²) < 4.78 is 37.7. The lowest BCUT2D eigenvalue weighted by Gasteiger charge is -2.38. The Morgan fingerprint density at radius 3 is 2.32 bits per heavy atom. The standard InChI is InChI=1S/C17H30N2O5S/c1-2-23-16(20)14-6-8-15(9-7-14)24-17(18-10-3-4-11-18)19-12-5-13-25(19,21)22/h14-15,17H,2-13H2,1H3. The van der Waals surface area contributed by atoms with Crippen LogP contribution in [0, 0.1) is 5.92 Å². The summed E-state index contributed by atoms with van der Waals surface area (Å²) in [5.74, 6) is 0.0655. The Kier molecular flexibility index (Phi) is 6.35. The molecule has 3 aliphatic rings. The second-order valence-electron chi connectivity index (χ2n) is 7.21. The van der Waals surface area contributed by atoms with Crippen molar-refractivity contribution in [3.8, 4) is 0 Å². The predicted octanol–water partition coefficient (Wildman–Crippen LogP) is 1.54. The molecule has 1 atom stereocenters. The Bertz CT molecular complexity index is 553. The van der Waals surface area contributed by atoms with Crippen LogP contribution >= 0.6 is 0 Å². The molecule has 0 spiro atoms. The van der Waals surface area contributed by atoms with Gasteiger partial charge in [-0.2, -0.15) is 4.31 Å². The molecule has 0 N–H and O–H groups in total. The van der Waals surface area contributed by atoms with E-state index in [4.69, 9.17) is 9.47 Å². The number of hydrogen-bond acceptors (Lipinski definition) is 6. The van der Waals surface area contributed by atoms with Crippen molar-refractivity contribution in [1.82, 2.24) is 9.21 Å². The number of likely N-dealkylation sites (tertiary alicyclic amines) is 1. The molecule has 3 fully saturated rings. The van der Waals surface area contributed by atoms with E-state index in [1.807, 2.05) is 6.92 Å². The minimum atomic E-state index is -3.21. The van der Waals surface area contributed by atoms with Gasteiger partial charge in [0, 0.05) is 19.6 Å². The van der Waals surface area contributed by atoms with Crippen LogP contribution in [0.3, 0.4) is 0 Å². The van der Waals surface area contributed by atoms with E-state index in [1.165, 1.54) is 0 Å². The number of carbonyl (C=O) groups excluding carboxylic acids is 1. The van der Waals surface area contributed by atoms with Gasteiger partial charge in [0.25, 0.3) is 0 Å². The van der Waals surface area contributed by atoms with Gasteiger partial charge in [-0.15, -0.1) is 0 Å². The topological polar surface area (TPSA) is 76.2 Å². The molecule has 2 saturated heterocycles. The van der Waals surface area contributed by atoms with Gasteiger partial charge in [-0.3, -0.25) is 9.69 Å². The van der Waals surface area contributed by atoms with Crippen LogP contribution in [0.4, 0.5) is 0 Å². The van der Waals surface area contributed by atoms with Crippen LogP contribution in [0.15, 0.2) is 0 Å². The van der Waals surface area contributed by atoms with Crippen LogP contribution in [-0.4, -0.2) is 68.0 Å². The quantitative estimate of drug-likeness (QED) is 0.657. The van der Waals surface area contributed by atoms with E-state index in [0.717, 1.165) is 51.6 Å². The highest BCUT2D eigenvalue weighted by Gasteiger charge is 2.41. The number of sulfonamides is 1. The fraction of sp³-hybridized carbons (Fsp3) is 0.941. The summed E-state index contributed by atoms with van der Waals surface area (Å²) in [6.45, 7) is 4.55. The van der Waals surface area contributed by atoms with Crippen LogP contribution in [0.2, 0.25) is 0 Å². The van der Waals surface area contributed by atoms with Gasteiger partial charge in [0.05, 0.1) is 24.4 Å². The lowest BCUT2D eigenvalue weighted by molar-refractivity contribution is -0.162. The smallest absolute Gasteiger partial charge is 0.308 e. The molecule has 0 radical (unpaired) electrons. The van der Waals surface area contributed by atoms with Crippen molar-refractivity contribution in [2.75, 3.05) is 32.0 Å². The lowest BCUT2D eigenvalue weighted by Crippen LogP contribution is -2.51. The molecule has 7 nitrogen and oxygen atoms in total. The van der Waals surface area contributed by atoms with Crippen LogP contribution in [-0.2, 0) is 24.3 Å². The highest BCUT2D eigenvalue weighted by atomic mass is 32.2. The molecule has 144 valence electrons. The van der Waals surface area contributed by atoms with Gasteiger partial charge in [-0.1, -0.05) is 0 Å². The van der Waals surface area contributed by atoms with E-state index >= 15 is 0 Å². The van der Waals surface area contributed by atoms with E-state index in [9.17, 15) is 13.2 Å².